The van der Waals surface area contributed by atoms with E-state index in [2.05, 4.69) is 15.4 Å². The largest absolute Gasteiger partial charge is 0.467 e. The Morgan fingerprint density at radius 2 is 2.05 bits per heavy atom. The minimum absolute atomic E-state index is 0.0716. The zero-order chi connectivity index (χ0) is 16.2. The second kappa shape index (κ2) is 6.78. The Morgan fingerprint density at radius 1 is 1.43 bits per heavy atom. The van der Waals surface area contributed by atoms with E-state index in [1.165, 1.54) is 7.11 Å². The van der Waals surface area contributed by atoms with Gasteiger partial charge in [0.05, 0.1) is 7.11 Å². The number of nitrogens with one attached hydrogen (secondary N) is 2. The molecule has 0 spiro atoms. The van der Waals surface area contributed by atoms with Crippen LogP contribution in [0.2, 0.25) is 0 Å². The van der Waals surface area contributed by atoms with Crippen molar-refractivity contribution >= 4 is 18.0 Å². The van der Waals surface area contributed by atoms with Crippen LogP contribution >= 0.6 is 0 Å². The van der Waals surface area contributed by atoms with Gasteiger partial charge in [0.1, 0.15) is 11.6 Å². The van der Waals surface area contributed by atoms with E-state index in [0.29, 0.717) is 6.42 Å². The fourth-order valence-electron chi connectivity index (χ4n) is 2.25. The van der Waals surface area contributed by atoms with Crippen molar-refractivity contribution in [3.8, 4) is 0 Å². The fourth-order valence-corrected chi connectivity index (χ4v) is 2.25. The van der Waals surface area contributed by atoms with E-state index >= 15 is 0 Å². The summed E-state index contributed by atoms with van der Waals surface area (Å²) in [6.45, 7) is 7.08. The highest BCUT2D eigenvalue weighted by molar-refractivity contribution is 5.84. The molecule has 1 aliphatic heterocycles. The lowest BCUT2D eigenvalue weighted by atomic mass is 9.97. The highest BCUT2D eigenvalue weighted by atomic mass is 16.6. The van der Waals surface area contributed by atoms with Gasteiger partial charge in [-0.25, -0.2) is 9.59 Å². The van der Waals surface area contributed by atoms with Crippen LogP contribution in [0, 0.1) is 5.92 Å². The maximum Gasteiger partial charge on any atom is 0.408 e. The van der Waals surface area contributed by atoms with Crippen LogP contribution in [0.1, 0.15) is 40.5 Å². The average molecular weight is 300 g/mol. The summed E-state index contributed by atoms with van der Waals surface area (Å²) in [6, 6.07) is -0.826. The molecule has 3 atom stereocenters. The number of hydrogen-bond donors (Lipinski definition) is 2. The van der Waals surface area contributed by atoms with Gasteiger partial charge in [0.15, 0.2) is 0 Å². The molecule has 2 amide bonds. The van der Waals surface area contributed by atoms with Gasteiger partial charge in [-0.2, -0.15) is 0 Å². The first-order valence-corrected chi connectivity index (χ1v) is 7.00. The molecule has 7 heteroatoms. The lowest BCUT2D eigenvalue weighted by molar-refractivity contribution is -0.143. The number of alkyl carbamates (subject to hydrolysis) is 1. The van der Waals surface area contributed by atoms with Crippen LogP contribution in [0.15, 0.2) is 0 Å². The van der Waals surface area contributed by atoms with Crippen LogP contribution < -0.4 is 10.6 Å². The molecule has 1 aliphatic rings. The molecule has 120 valence electrons. The Morgan fingerprint density at radius 3 is 2.48 bits per heavy atom. The second-order valence-corrected chi connectivity index (χ2v) is 6.30. The summed E-state index contributed by atoms with van der Waals surface area (Å²) in [7, 11) is 1.24. The van der Waals surface area contributed by atoms with E-state index in [9.17, 15) is 14.4 Å². The lowest BCUT2D eigenvalue weighted by Crippen LogP contribution is -2.45. The summed E-state index contributed by atoms with van der Waals surface area (Å²) < 4.78 is 9.79. The number of hydrogen-bond acceptors (Lipinski definition) is 5. The third-order valence-corrected chi connectivity index (χ3v) is 3.09. The average Bonchev–Trinajstić information content (AvgIpc) is 2.63. The zero-order valence-corrected chi connectivity index (χ0v) is 13.2. The molecular formula is C14H24N2O5. The molecule has 0 radical (unpaired) electrons. The van der Waals surface area contributed by atoms with Gasteiger partial charge >= 0.3 is 12.1 Å². The molecule has 21 heavy (non-hydrogen) atoms. The molecule has 0 saturated carbocycles. The first kappa shape index (κ1) is 17.3. The minimum atomic E-state index is -0.897. The van der Waals surface area contributed by atoms with E-state index < -0.39 is 23.7 Å². The maximum absolute atomic E-state index is 11.8. The second-order valence-electron chi connectivity index (χ2n) is 6.30. The van der Waals surface area contributed by atoms with Crippen molar-refractivity contribution in [3.05, 3.63) is 0 Å². The Bertz CT molecular complexity index is 416. The third kappa shape index (κ3) is 5.61. The van der Waals surface area contributed by atoms with Crippen molar-refractivity contribution in [3.63, 3.8) is 0 Å². The topological polar surface area (TPSA) is 93.7 Å². The van der Waals surface area contributed by atoms with Crippen molar-refractivity contribution in [1.29, 1.82) is 0 Å². The Kier molecular flexibility index (Phi) is 5.57. The van der Waals surface area contributed by atoms with E-state index in [4.69, 9.17) is 4.74 Å². The standard InChI is InChI=1S/C14H24N2O5/c1-8-6-9(11(17)15-8)7-10(12(18)20-5)16-13(19)21-14(2,3)4/h8-10H,6-7H2,1-5H3,(H,15,17)(H,16,19). The third-order valence-electron chi connectivity index (χ3n) is 3.09. The Labute approximate surface area is 124 Å². The number of rotatable bonds is 4. The Balaban J connectivity index is 2.66. The number of ether oxygens (including phenoxy) is 2. The molecule has 1 saturated heterocycles. The molecule has 1 fully saturated rings. The SMILES string of the molecule is COC(=O)C(CC1CC(C)NC1=O)NC(=O)OC(C)(C)C. The molecule has 1 rings (SSSR count). The number of amides is 2. The van der Waals surface area contributed by atoms with Crippen LogP contribution in [-0.2, 0) is 19.1 Å². The summed E-state index contributed by atoms with van der Waals surface area (Å²) >= 11 is 0. The van der Waals surface area contributed by atoms with Gasteiger partial charge in [0, 0.05) is 12.0 Å². The number of carbonyl (C=O) groups is 3. The summed E-state index contributed by atoms with van der Waals surface area (Å²) in [4.78, 5) is 35.3. The highest BCUT2D eigenvalue weighted by Gasteiger charge is 2.35. The fraction of sp³-hybridized carbons (Fsp3) is 0.786. The molecule has 1 heterocycles. The molecular weight excluding hydrogens is 276 g/mol. The van der Waals surface area contributed by atoms with Gasteiger partial charge in [0.25, 0.3) is 0 Å². The van der Waals surface area contributed by atoms with Gasteiger partial charge in [-0.15, -0.1) is 0 Å². The lowest BCUT2D eigenvalue weighted by Gasteiger charge is -2.23. The predicted molar refractivity (Wildman–Crippen MR) is 75.5 cm³/mol. The van der Waals surface area contributed by atoms with Crippen molar-refractivity contribution in [2.75, 3.05) is 7.11 Å². The zero-order valence-electron chi connectivity index (χ0n) is 13.2. The van der Waals surface area contributed by atoms with E-state index in [1.54, 1.807) is 20.8 Å². The summed E-state index contributed by atoms with van der Waals surface area (Å²) in [5, 5.41) is 5.26. The summed E-state index contributed by atoms with van der Waals surface area (Å²) in [5.74, 6) is -1.02. The van der Waals surface area contributed by atoms with Crippen LogP contribution in [0.3, 0.4) is 0 Å². The Hall–Kier alpha value is -1.79. The van der Waals surface area contributed by atoms with E-state index in [-0.39, 0.29) is 24.3 Å². The highest BCUT2D eigenvalue weighted by Crippen LogP contribution is 2.21. The molecule has 7 nitrogen and oxygen atoms in total. The predicted octanol–water partition coefficient (Wildman–Crippen LogP) is 0.967. The first-order valence-electron chi connectivity index (χ1n) is 7.00. The van der Waals surface area contributed by atoms with Crippen molar-refractivity contribution in [2.24, 2.45) is 5.92 Å². The van der Waals surface area contributed by atoms with Gasteiger partial charge in [-0.05, 0) is 40.5 Å². The summed E-state index contributed by atoms with van der Waals surface area (Å²) in [5.41, 5.74) is -0.663. The molecule has 0 aliphatic carbocycles. The smallest absolute Gasteiger partial charge is 0.408 e. The molecule has 0 bridgehead atoms. The number of methoxy groups -OCH3 is 1. The minimum Gasteiger partial charge on any atom is -0.467 e. The quantitative estimate of drug-likeness (QED) is 0.754. The van der Waals surface area contributed by atoms with Crippen LogP contribution in [0.4, 0.5) is 4.79 Å². The van der Waals surface area contributed by atoms with Gasteiger partial charge in [-0.3, -0.25) is 4.79 Å². The molecule has 0 aromatic heterocycles. The van der Waals surface area contributed by atoms with Gasteiger partial charge < -0.3 is 20.1 Å². The van der Waals surface area contributed by atoms with Crippen LogP contribution in [0.5, 0.6) is 0 Å². The van der Waals surface area contributed by atoms with E-state index in [1.807, 2.05) is 6.92 Å². The monoisotopic (exact) mass is 300 g/mol. The normalized spacial score (nSPS) is 23.2. The molecule has 0 aromatic carbocycles. The molecule has 0 aromatic rings. The number of carbonyl (C=O) groups excluding carboxylic acids is 3. The molecule has 3 unspecified atom stereocenters. The van der Waals surface area contributed by atoms with Crippen LogP contribution in [0.25, 0.3) is 0 Å². The number of esters is 1. The van der Waals surface area contributed by atoms with Crippen LogP contribution in [-0.4, -0.2) is 42.8 Å². The molecule has 2 N–H and O–H groups in total. The first-order chi connectivity index (χ1) is 9.62. The van der Waals surface area contributed by atoms with Crippen molar-refractivity contribution in [2.45, 2.75) is 58.2 Å². The summed E-state index contributed by atoms with van der Waals surface area (Å²) in [6.07, 6.45) is 0.120. The van der Waals surface area contributed by atoms with Gasteiger partial charge in [-0.1, -0.05) is 0 Å². The van der Waals surface area contributed by atoms with Gasteiger partial charge in [0.2, 0.25) is 5.91 Å². The maximum atomic E-state index is 11.8. The van der Waals surface area contributed by atoms with Crippen molar-refractivity contribution in [1.82, 2.24) is 10.6 Å². The van der Waals surface area contributed by atoms with E-state index in [0.717, 1.165) is 0 Å². The van der Waals surface area contributed by atoms with Crippen molar-refractivity contribution < 1.29 is 23.9 Å².